The molecule has 0 spiro atoms. The number of benzene rings is 1. The minimum absolute atomic E-state index is 0.0460. The third-order valence-corrected chi connectivity index (χ3v) is 10.7. The molecule has 3 saturated heterocycles. The van der Waals surface area contributed by atoms with Crippen LogP contribution in [-0.4, -0.2) is 99.0 Å². The normalized spacial score (nSPS) is 27.4. The van der Waals surface area contributed by atoms with Crippen LogP contribution in [0.3, 0.4) is 0 Å². The first-order chi connectivity index (χ1) is 22.4. The second kappa shape index (κ2) is 12.1. The molecule has 244 valence electrons. The number of halogens is 3. The number of aromatic amines is 1. The van der Waals surface area contributed by atoms with Crippen molar-refractivity contribution in [1.82, 2.24) is 30.0 Å². The molecule has 3 aromatic heterocycles. The van der Waals surface area contributed by atoms with E-state index in [9.17, 15) is 9.50 Å². The summed E-state index contributed by atoms with van der Waals surface area (Å²) in [7, 11) is 0. The Morgan fingerprint density at radius 2 is 2.07 bits per heavy atom. The van der Waals surface area contributed by atoms with Crippen molar-refractivity contribution in [2.75, 3.05) is 50.9 Å². The largest absolute Gasteiger partial charge is 0.461 e. The van der Waals surface area contributed by atoms with E-state index in [1.54, 1.807) is 12.4 Å². The molecule has 0 saturated carbocycles. The summed E-state index contributed by atoms with van der Waals surface area (Å²) in [6, 6.07) is 1.86. The first-order valence-electron chi connectivity index (χ1n) is 16.4. The number of aromatic nitrogens is 5. The van der Waals surface area contributed by atoms with E-state index in [2.05, 4.69) is 25.0 Å². The number of hydrogen-bond donors (Lipinski definition) is 2. The van der Waals surface area contributed by atoms with Gasteiger partial charge in [-0.2, -0.15) is 15.1 Å². The lowest BCUT2D eigenvalue weighted by molar-refractivity contribution is 0.0817. The lowest BCUT2D eigenvalue weighted by atomic mass is 9.93. The molecule has 3 fully saturated rings. The van der Waals surface area contributed by atoms with Crippen molar-refractivity contribution in [2.24, 2.45) is 5.92 Å². The van der Waals surface area contributed by atoms with Crippen LogP contribution in [0.5, 0.6) is 6.01 Å². The van der Waals surface area contributed by atoms with Crippen molar-refractivity contribution in [2.45, 2.75) is 69.2 Å². The molecular weight excluding hydrogens is 616 g/mol. The summed E-state index contributed by atoms with van der Waals surface area (Å²) < 4.78 is 43.8. The van der Waals surface area contributed by atoms with Crippen LogP contribution in [0.25, 0.3) is 33.1 Å². The van der Waals surface area contributed by atoms with E-state index in [0.29, 0.717) is 91.2 Å². The molecule has 13 heteroatoms. The minimum Gasteiger partial charge on any atom is -0.461 e. The Hall–Kier alpha value is -3.19. The quantitative estimate of drug-likeness (QED) is 0.306. The van der Waals surface area contributed by atoms with E-state index < -0.39 is 23.6 Å². The van der Waals surface area contributed by atoms with Crippen molar-refractivity contribution in [3.8, 4) is 17.3 Å². The summed E-state index contributed by atoms with van der Waals surface area (Å²) in [5, 5.41) is 19.9. The lowest BCUT2D eigenvalue weighted by Gasteiger charge is -2.31. The van der Waals surface area contributed by atoms with Crippen LogP contribution in [0.2, 0.25) is 5.02 Å². The van der Waals surface area contributed by atoms with Gasteiger partial charge >= 0.3 is 6.01 Å². The van der Waals surface area contributed by atoms with Crippen LogP contribution in [-0.2, 0) is 11.2 Å². The highest BCUT2D eigenvalue weighted by Gasteiger charge is 2.49. The van der Waals surface area contributed by atoms with Crippen LogP contribution < -0.4 is 9.64 Å². The Morgan fingerprint density at radius 1 is 1.15 bits per heavy atom. The molecule has 0 aliphatic carbocycles. The summed E-state index contributed by atoms with van der Waals surface area (Å²) >= 11 is 6.83. The van der Waals surface area contributed by atoms with Gasteiger partial charge in [0.25, 0.3) is 0 Å². The first kappa shape index (κ1) is 30.2. The summed E-state index contributed by atoms with van der Waals surface area (Å²) in [4.78, 5) is 18.5. The standard InChI is InChI=1S/C33H38ClF2N7O3/c34-25-11-26-23(14-38-41-26)27-22(25)5-2-1-4-21(44)10-19-15-42(8-9-45-17-19)31-24-13-37-30(27)28(36)29(24)39-32(40-31)46-18-33-6-3-7-43(33)16-20(35)12-33/h11,13-14,19-21,44H,1-10,12,15-18H2,(H,38,41)/t19-,20+,21-,33-/m0/s1. The number of rotatable bonds is 3. The van der Waals surface area contributed by atoms with Gasteiger partial charge < -0.3 is 19.5 Å². The number of nitrogens with one attached hydrogen (secondary N) is 1. The van der Waals surface area contributed by atoms with Crippen LogP contribution in [0, 0.1) is 11.7 Å². The SMILES string of the molecule is O[C@H]1CCCCc2c(Cl)cc3[nH]ncc3c2-c2ncc3c(nc(OC[C@@]45CCCN4C[C@H](F)C5)nc3c2F)N2CCOC[C@@H](C1)C2. The maximum absolute atomic E-state index is 17.0. The van der Waals surface area contributed by atoms with Crippen molar-refractivity contribution in [3.63, 3.8) is 0 Å². The van der Waals surface area contributed by atoms with E-state index in [4.69, 9.17) is 31.0 Å². The van der Waals surface area contributed by atoms with Gasteiger partial charge in [0.15, 0.2) is 5.82 Å². The maximum Gasteiger partial charge on any atom is 0.319 e. The van der Waals surface area contributed by atoms with Gasteiger partial charge in [-0.05, 0) is 56.7 Å². The number of pyridine rings is 1. The summed E-state index contributed by atoms with van der Waals surface area (Å²) in [5.41, 5.74) is 1.86. The molecule has 46 heavy (non-hydrogen) atoms. The highest BCUT2D eigenvalue weighted by Crippen LogP contribution is 2.42. The monoisotopic (exact) mass is 653 g/mol. The summed E-state index contributed by atoms with van der Waals surface area (Å²) in [6.07, 6.45) is 7.50. The fraction of sp³-hybridized carbons (Fsp3) is 0.576. The Morgan fingerprint density at radius 3 is 2.98 bits per heavy atom. The van der Waals surface area contributed by atoms with Gasteiger partial charge in [-0.25, -0.2) is 8.78 Å². The Bertz CT molecular complexity index is 1770. The molecule has 2 N–H and O–H groups in total. The average molecular weight is 654 g/mol. The predicted molar refractivity (Wildman–Crippen MR) is 171 cm³/mol. The Kier molecular flexibility index (Phi) is 7.94. The molecule has 5 aliphatic rings. The molecule has 0 amide bonds. The molecular formula is C33H38ClF2N7O3. The molecule has 4 atom stereocenters. The van der Waals surface area contributed by atoms with Crippen molar-refractivity contribution >= 4 is 39.2 Å². The van der Waals surface area contributed by atoms with Crippen molar-refractivity contribution < 1.29 is 23.4 Å². The molecule has 6 bridgehead atoms. The topological polar surface area (TPSA) is 113 Å². The smallest absolute Gasteiger partial charge is 0.319 e. The van der Waals surface area contributed by atoms with Gasteiger partial charge in [0.2, 0.25) is 0 Å². The van der Waals surface area contributed by atoms with Crippen LogP contribution in [0.4, 0.5) is 14.6 Å². The summed E-state index contributed by atoms with van der Waals surface area (Å²) in [5.74, 6) is -0.0368. The van der Waals surface area contributed by atoms with Gasteiger partial charge in [0, 0.05) is 54.1 Å². The zero-order valence-electron chi connectivity index (χ0n) is 25.7. The number of H-pyrrole nitrogens is 1. The molecule has 0 radical (unpaired) electrons. The molecule has 8 heterocycles. The lowest BCUT2D eigenvalue weighted by Crippen LogP contribution is -2.43. The van der Waals surface area contributed by atoms with Crippen LogP contribution >= 0.6 is 11.6 Å². The van der Waals surface area contributed by atoms with Gasteiger partial charge in [-0.3, -0.25) is 15.0 Å². The van der Waals surface area contributed by atoms with E-state index in [1.165, 1.54) is 0 Å². The molecule has 5 aliphatic heterocycles. The number of fused-ring (bicyclic) bond motifs is 8. The van der Waals surface area contributed by atoms with E-state index in [1.807, 2.05) is 6.07 Å². The maximum atomic E-state index is 17.0. The van der Waals surface area contributed by atoms with Gasteiger partial charge in [0.05, 0.1) is 42.0 Å². The second-order valence-electron chi connectivity index (χ2n) is 13.4. The molecule has 1 aromatic carbocycles. The van der Waals surface area contributed by atoms with Crippen LogP contribution in [0.1, 0.15) is 50.5 Å². The van der Waals surface area contributed by atoms with E-state index in [0.717, 1.165) is 37.8 Å². The summed E-state index contributed by atoms with van der Waals surface area (Å²) in [6.45, 7) is 3.54. The van der Waals surface area contributed by atoms with Gasteiger partial charge in [-0.1, -0.05) is 18.0 Å². The van der Waals surface area contributed by atoms with Crippen molar-refractivity contribution in [1.29, 1.82) is 0 Å². The third-order valence-electron chi connectivity index (χ3n) is 10.4. The van der Waals surface area contributed by atoms with E-state index >= 15 is 4.39 Å². The zero-order valence-corrected chi connectivity index (χ0v) is 26.4. The molecule has 0 unspecified atom stereocenters. The molecule has 10 nitrogen and oxygen atoms in total. The average Bonchev–Trinajstić information content (AvgIpc) is 3.68. The number of aliphatic hydroxyl groups excluding tert-OH is 1. The number of nitrogens with zero attached hydrogens (tertiary/aromatic N) is 6. The van der Waals surface area contributed by atoms with Crippen LogP contribution in [0.15, 0.2) is 18.5 Å². The fourth-order valence-electron chi connectivity index (χ4n) is 8.17. The van der Waals surface area contributed by atoms with Crippen molar-refractivity contribution in [3.05, 3.63) is 34.9 Å². The Labute approximate surface area is 270 Å². The fourth-order valence-corrected chi connectivity index (χ4v) is 8.46. The number of anilines is 1. The molecule has 9 rings (SSSR count). The Balaban J connectivity index is 1.29. The minimum atomic E-state index is -0.897. The predicted octanol–water partition coefficient (Wildman–Crippen LogP) is 5.25. The number of hydrogen-bond acceptors (Lipinski definition) is 9. The first-order valence-corrected chi connectivity index (χ1v) is 16.8. The zero-order chi connectivity index (χ0) is 31.4. The number of ether oxygens (including phenoxy) is 2. The van der Waals surface area contributed by atoms with Gasteiger partial charge in [-0.15, -0.1) is 0 Å². The number of aliphatic hydroxyl groups is 1. The van der Waals surface area contributed by atoms with Gasteiger partial charge in [0.1, 0.15) is 29.8 Å². The second-order valence-corrected chi connectivity index (χ2v) is 13.8. The van der Waals surface area contributed by atoms with E-state index in [-0.39, 0.29) is 29.7 Å². The number of alkyl halides is 1. The highest BCUT2D eigenvalue weighted by molar-refractivity contribution is 6.33. The highest BCUT2D eigenvalue weighted by atomic mass is 35.5. The third kappa shape index (κ3) is 5.36. The molecule has 4 aromatic rings.